The van der Waals surface area contributed by atoms with Crippen molar-refractivity contribution in [2.45, 2.75) is 51.3 Å². The fourth-order valence-corrected chi connectivity index (χ4v) is 4.84. The lowest BCUT2D eigenvalue weighted by molar-refractivity contribution is -0.0883. The van der Waals surface area contributed by atoms with Gasteiger partial charge in [0.05, 0.1) is 39.3 Å². The molecular weight excluding hydrogens is 455 g/mol. The van der Waals surface area contributed by atoms with E-state index < -0.39 is 0 Å². The second-order valence-electron chi connectivity index (χ2n) is 9.38. The summed E-state index contributed by atoms with van der Waals surface area (Å²) in [4.78, 5) is 4.29. The van der Waals surface area contributed by atoms with Crippen LogP contribution < -0.4 is 0 Å². The Morgan fingerprint density at radius 3 is 1.97 bits per heavy atom. The Labute approximate surface area is 223 Å². The van der Waals surface area contributed by atoms with E-state index in [0.717, 1.165) is 37.8 Å². The van der Waals surface area contributed by atoms with Crippen LogP contribution in [0.5, 0.6) is 0 Å². The lowest BCUT2D eigenvalue weighted by atomic mass is 9.85. The van der Waals surface area contributed by atoms with Crippen LogP contribution in [0, 0.1) is 5.92 Å². The summed E-state index contributed by atoms with van der Waals surface area (Å²) in [5, 5.41) is 0. The van der Waals surface area contributed by atoms with Gasteiger partial charge in [-0.1, -0.05) is 111 Å². The molecule has 190 valence electrons. The normalized spacial score (nSPS) is 14.3. The smallest absolute Gasteiger partial charge is 0.162 e. The molecule has 37 heavy (non-hydrogen) atoms. The molecule has 1 aliphatic heterocycles. The van der Waals surface area contributed by atoms with E-state index in [2.05, 4.69) is 89.3 Å². The third-order valence-electron chi connectivity index (χ3n) is 6.87. The number of benzene rings is 3. The van der Waals surface area contributed by atoms with Gasteiger partial charge in [-0.3, -0.25) is 0 Å². The minimum atomic E-state index is -0.0778. The summed E-state index contributed by atoms with van der Waals surface area (Å²) < 4.78 is 13.5. The summed E-state index contributed by atoms with van der Waals surface area (Å²) in [6.45, 7) is 4.45. The highest BCUT2D eigenvalue weighted by atomic mass is 16.7. The first-order valence-corrected chi connectivity index (χ1v) is 13.4. The lowest BCUT2D eigenvalue weighted by Crippen LogP contribution is -2.25. The predicted octanol–water partition coefficient (Wildman–Crippen LogP) is 7.13. The molecule has 1 unspecified atom stereocenters. The molecule has 0 aliphatic carbocycles. The highest BCUT2D eigenvalue weighted by Crippen LogP contribution is 2.29. The highest BCUT2D eigenvalue weighted by molar-refractivity contribution is 6.08. The quantitative estimate of drug-likeness (QED) is 0.221. The van der Waals surface area contributed by atoms with Crippen LogP contribution in [-0.4, -0.2) is 36.9 Å². The van der Waals surface area contributed by atoms with Crippen molar-refractivity contribution in [3.8, 4) is 11.3 Å². The molecular formula is C32H37BN2O2. The second kappa shape index (κ2) is 14.6. The van der Waals surface area contributed by atoms with E-state index in [0.29, 0.717) is 25.0 Å². The van der Waals surface area contributed by atoms with Crippen molar-refractivity contribution in [1.29, 1.82) is 0 Å². The number of hydrogen-bond donors (Lipinski definition) is 0. The van der Waals surface area contributed by atoms with E-state index in [4.69, 9.17) is 17.3 Å². The molecule has 0 N–H and O–H groups in total. The van der Waals surface area contributed by atoms with Gasteiger partial charge in [-0.2, -0.15) is 0 Å². The van der Waals surface area contributed by atoms with Crippen LogP contribution in [0.2, 0.25) is 6.32 Å². The Kier molecular flexibility index (Phi) is 10.6. The largest absolute Gasteiger partial charge is 0.350 e. The summed E-state index contributed by atoms with van der Waals surface area (Å²) in [7, 11) is 5.63. The minimum Gasteiger partial charge on any atom is -0.350 e. The fraction of sp³-hybridized carbons (Fsp3) is 0.344. The molecule has 5 heteroatoms. The first-order chi connectivity index (χ1) is 18.3. The summed E-state index contributed by atoms with van der Waals surface area (Å²) in [6.07, 6.45) is 7.69. The SMILES string of the molecule is CCC(Cn1cncc1-c1ccccc1)C1OCCO1.[B]CCCC(c1ccccc1)c1ccccc1. The van der Waals surface area contributed by atoms with E-state index in [1.165, 1.54) is 16.7 Å². The van der Waals surface area contributed by atoms with Gasteiger partial charge in [0.2, 0.25) is 0 Å². The number of ether oxygens (including phenoxy) is 2. The molecule has 3 aromatic carbocycles. The molecule has 0 amide bonds. The van der Waals surface area contributed by atoms with E-state index in [1.807, 2.05) is 30.7 Å². The molecule has 4 nitrogen and oxygen atoms in total. The fourth-order valence-electron chi connectivity index (χ4n) is 4.84. The van der Waals surface area contributed by atoms with Gasteiger partial charge < -0.3 is 14.0 Å². The molecule has 1 aliphatic rings. The molecule has 4 aromatic rings. The third-order valence-corrected chi connectivity index (χ3v) is 6.87. The van der Waals surface area contributed by atoms with Gasteiger partial charge in [0.1, 0.15) is 0 Å². The van der Waals surface area contributed by atoms with E-state index >= 15 is 0 Å². The van der Waals surface area contributed by atoms with Crippen LogP contribution in [0.3, 0.4) is 0 Å². The molecule has 1 aromatic heterocycles. The number of imidazole rings is 1. The maximum Gasteiger partial charge on any atom is 0.162 e. The average molecular weight is 492 g/mol. The molecule has 2 heterocycles. The first kappa shape index (κ1) is 26.9. The van der Waals surface area contributed by atoms with Gasteiger partial charge in [-0.15, -0.1) is 0 Å². The zero-order chi connectivity index (χ0) is 25.7. The predicted molar refractivity (Wildman–Crippen MR) is 152 cm³/mol. The third kappa shape index (κ3) is 7.67. The van der Waals surface area contributed by atoms with Crippen LogP contribution in [0.15, 0.2) is 104 Å². The molecule has 5 rings (SSSR count). The molecule has 1 saturated heterocycles. The Hall–Kier alpha value is -3.15. The number of rotatable bonds is 10. The van der Waals surface area contributed by atoms with Crippen molar-refractivity contribution in [3.63, 3.8) is 0 Å². The zero-order valence-electron chi connectivity index (χ0n) is 21.8. The standard InChI is InChI=1S/C16H17B.C16H20N2O2/c17-13-7-12-16(14-8-3-1-4-9-14)15-10-5-2-6-11-15;1-2-13(16-19-8-9-20-16)11-18-12-17-10-15(18)14-6-4-3-5-7-14/h1-6,8-11,16H,7,12-13H2;3-7,10,12-13,16H,2,8-9,11H2,1H3. The van der Waals surface area contributed by atoms with Gasteiger partial charge in [0.15, 0.2) is 6.29 Å². The van der Waals surface area contributed by atoms with Crippen LogP contribution in [-0.2, 0) is 16.0 Å². The molecule has 0 bridgehead atoms. The topological polar surface area (TPSA) is 36.3 Å². The van der Waals surface area contributed by atoms with Gasteiger partial charge in [-0.05, 0) is 29.5 Å². The average Bonchev–Trinajstić information content (AvgIpc) is 3.67. The molecule has 1 atom stereocenters. The maximum absolute atomic E-state index is 5.64. The van der Waals surface area contributed by atoms with Gasteiger partial charge >= 0.3 is 0 Å². The van der Waals surface area contributed by atoms with Crippen LogP contribution >= 0.6 is 0 Å². The van der Waals surface area contributed by atoms with Gasteiger partial charge in [0, 0.05) is 18.4 Å². The van der Waals surface area contributed by atoms with Crippen molar-refractivity contribution in [3.05, 3.63) is 115 Å². The Balaban J connectivity index is 0.000000176. The number of hydrogen-bond acceptors (Lipinski definition) is 3. The van der Waals surface area contributed by atoms with Crippen LogP contribution in [0.25, 0.3) is 11.3 Å². The van der Waals surface area contributed by atoms with Gasteiger partial charge in [-0.25, -0.2) is 4.98 Å². The number of aromatic nitrogens is 2. The highest BCUT2D eigenvalue weighted by Gasteiger charge is 2.26. The summed E-state index contributed by atoms with van der Waals surface area (Å²) in [5.41, 5.74) is 5.09. The van der Waals surface area contributed by atoms with E-state index in [9.17, 15) is 0 Å². The van der Waals surface area contributed by atoms with E-state index in [-0.39, 0.29) is 6.29 Å². The second-order valence-corrected chi connectivity index (χ2v) is 9.38. The molecule has 1 fully saturated rings. The summed E-state index contributed by atoms with van der Waals surface area (Å²) >= 11 is 0. The van der Waals surface area contributed by atoms with Crippen molar-refractivity contribution in [1.82, 2.24) is 9.55 Å². The van der Waals surface area contributed by atoms with Gasteiger partial charge in [0.25, 0.3) is 0 Å². The first-order valence-electron chi connectivity index (χ1n) is 13.4. The summed E-state index contributed by atoms with van der Waals surface area (Å²) in [6, 6.07) is 31.7. The van der Waals surface area contributed by atoms with Crippen molar-refractivity contribution >= 4 is 7.85 Å². The number of nitrogens with zero attached hydrogens (tertiary/aromatic N) is 2. The van der Waals surface area contributed by atoms with Crippen molar-refractivity contribution < 1.29 is 9.47 Å². The Bertz CT molecular complexity index is 1110. The van der Waals surface area contributed by atoms with Crippen molar-refractivity contribution in [2.24, 2.45) is 5.92 Å². The molecule has 2 radical (unpaired) electrons. The maximum atomic E-state index is 5.64. The van der Waals surface area contributed by atoms with Crippen LogP contribution in [0.4, 0.5) is 0 Å². The summed E-state index contributed by atoms with van der Waals surface area (Å²) in [5.74, 6) is 0.829. The lowest BCUT2D eigenvalue weighted by Gasteiger charge is -2.22. The van der Waals surface area contributed by atoms with Crippen LogP contribution in [0.1, 0.15) is 43.2 Å². The molecule has 0 saturated carbocycles. The van der Waals surface area contributed by atoms with Crippen molar-refractivity contribution in [2.75, 3.05) is 13.2 Å². The Morgan fingerprint density at radius 1 is 0.865 bits per heavy atom. The molecule has 0 spiro atoms. The van der Waals surface area contributed by atoms with E-state index in [1.54, 1.807) is 0 Å². The monoisotopic (exact) mass is 492 g/mol. The Morgan fingerprint density at radius 2 is 1.43 bits per heavy atom. The minimum absolute atomic E-state index is 0.0778. The zero-order valence-corrected chi connectivity index (χ0v) is 21.8.